The van der Waals surface area contributed by atoms with Crippen LogP contribution < -0.4 is 5.73 Å². The van der Waals surface area contributed by atoms with Crippen molar-refractivity contribution in [1.29, 1.82) is 0 Å². The van der Waals surface area contributed by atoms with Crippen LogP contribution in [0.3, 0.4) is 0 Å². The molecular weight excluding hydrogens is 262 g/mol. The molecule has 1 atom stereocenters. The molecular formula is C12H13F4N3. The van der Waals surface area contributed by atoms with Crippen LogP contribution in [-0.2, 0) is 6.18 Å². The Bertz CT molecular complexity index is 510. The van der Waals surface area contributed by atoms with Crippen molar-refractivity contribution < 1.29 is 17.6 Å². The van der Waals surface area contributed by atoms with E-state index >= 15 is 0 Å². The standard InChI is InChI=1S/C12H13F4N3/c1-2-19-10(6-18-11(19)17)7-3-4-9(13)8(5-7)12(14,15)16/h3-5,10H,2,6H2,1H3,(H2,17,18). The number of aliphatic imine (C=N–C) groups is 1. The number of nitrogens with zero attached hydrogens (tertiary/aromatic N) is 2. The third-order valence-electron chi connectivity index (χ3n) is 3.12. The van der Waals surface area contributed by atoms with Crippen LogP contribution in [0.1, 0.15) is 24.1 Å². The third-order valence-corrected chi connectivity index (χ3v) is 3.12. The lowest BCUT2D eigenvalue weighted by Crippen LogP contribution is -2.35. The molecule has 104 valence electrons. The van der Waals surface area contributed by atoms with E-state index in [1.807, 2.05) is 6.92 Å². The summed E-state index contributed by atoms with van der Waals surface area (Å²) in [5.41, 5.74) is 4.75. The first-order valence-electron chi connectivity index (χ1n) is 5.77. The van der Waals surface area contributed by atoms with Crippen molar-refractivity contribution in [2.24, 2.45) is 10.7 Å². The molecule has 0 aliphatic carbocycles. The maximum absolute atomic E-state index is 13.2. The van der Waals surface area contributed by atoms with E-state index in [0.717, 1.165) is 12.1 Å². The van der Waals surface area contributed by atoms with Gasteiger partial charge in [0.05, 0.1) is 18.2 Å². The lowest BCUT2D eigenvalue weighted by atomic mass is 10.0. The van der Waals surface area contributed by atoms with Gasteiger partial charge in [0.2, 0.25) is 0 Å². The van der Waals surface area contributed by atoms with E-state index in [-0.39, 0.29) is 12.6 Å². The Morgan fingerprint density at radius 1 is 1.42 bits per heavy atom. The van der Waals surface area contributed by atoms with Gasteiger partial charge >= 0.3 is 6.18 Å². The summed E-state index contributed by atoms with van der Waals surface area (Å²) in [5, 5.41) is 0. The molecule has 2 rings (SSSR count). The Labute approximate surface area is 107 Å². The van der Waals surface area contributed by atoms with Crippen LogP contribution in [0, 0.1) is 5.82 Å². The van der Waals surface area contributed by atoms with E-state index in [2.05, 4.69) is 4.99 Å². The Morgan fingerprint density at radius 3 is 2.68 bits per heavy atom. The van der Waals surface area contributed by atoms with Crippen LogP contribution >= 0.6 is 0 Å². The Morgan fingerprint density at radius 2 is 2.11 bits per heavy atom. The highest BCUT2D eigenvalue weighted by Crippen LogP contribution is 2.34. The summed E-state index contributed by atoms with van der Waals surface area (Å²) < 4.78 is 51.2. The van der Waals surface area contributed by atoms with Gasteiger partial charge in [-0.15, -0.1) is 0 Å². The first-order valence-corrected chi connectivity index (χ1v) is 5.77. The largest absolute Gasteiger partial charge is 0.419 e. The summed E-state index contributed by atoms with van der Waals surface area (Å²) in [6.45, 7) is 2.64. The number of likely N-dealkylation sites (N-methyl/N-ethyl adjacent to an activating group) is 1. The zero-order valence-corrected chi connectivity index (χ0v) is 10.2. The molecule has 0 bridgehead atoms. The van der Waals surface area contributed by atoms with Crippen LogP contribution in [0.5, 0.6) is 0 Å². The van der Waals surface area contributed by atoms with E-state index in [1.165, 1.54) is 6.07 Å². The van der Waals surface area contributed by atoms with Gasteiger partial charge in [0.25, 0.3) is 0 Å². The molecule has 0 amide bonds. The van der Waals surface area contributed by atoms with Crippen LogP contribution in [-0.4, -0.2) is 23.9 Å². The van der Waals surface area contributed by atoms with E-state index in [0.29, 0.717) is 18.1 Å². The highest BCUT2D eigenvalue weighted by molar-refractivity contribution is 5.80. The molecule has 1 unspecified atom stereocenters. The molecule has 0 saturated carbocycles. The number of rotatable bonds is 2. The van der Waals surface area contributed by atoms with Gasteiger partial charge in [-0.3, -0.25) is 4.99 Å². The predicted molar refractivity (Wildman–Crippen MR) is 63.0 cm³/mol. The molecule has 3 nitrogen and oxygen atoms in total. The number of halogens is 4. The molecule has 0 fully saturated rings. The Hall–Kier alpha value is -1.79. The molecule has 7 heteroatoms. The fourth-order valence-electron chi connectivity index (χ4n) is 2.16. The zero-order valence-electron chi connectivity index (χ0n) is 10.2. The zero-order chi connectivity index (χ0) is 14.2. The third kappa shape index (κ3) is 2.50. The number of hydrogen-bond donors (Lipinski definition) is 1. The van der Waals surface area contributed by atoms with Crippen molar-refractivity contribution >= 4 is 5.96 Å². The molecule has 2 N–H and O–H groups in total. The van der Waals surface area contributed by atoms with E-state index in [1.54, 1.807) is 4.90 Å². The molecule has 0 radical (unpaired) electrons. The molecule has 1 aromatic rings. The molecule has 19 heavy (non-hydrogen) atoms. The average Bonchev–Trinajstić information content (AvgIpc) is 2.69. The second kappa shape index (κ2) is 4.71. The van der Waals surface area contributed by atoms with E-state index in [9.17, 15) is 17.6 Å². The van der Waals surface area contributed by atoms with Gasteiger partial charge in [0.15, 0.2) is 5.96 Å². The van der Waals surface area contributed by atoms with Crippen LogP contribution in [0.25, 0.3) is 0 Å². The van der Waals surface area contributed by atoms with Gasteiger partial charge in [-0.2, -0.15) is 13.2 Å². The Balaban J connectivity index is 2.37. The molecule has 1 heterocycles. The van der Waals surface area contributed by atoms with Gasteiger partial charge in [-0.1, -0.05) is 6.07 Å². The lowest BCUT2D eigenvalue weighted by Gasteiger charge is -2.25. The maximum Gasteiger partial charge on any atom is 0.419 e. The predicted octanol–water partition coefficient (Wildman–Crippen LogP) is 2.54. The average molecular weight is 275 g/mol. The summed E-state index contributed by atoms with van der Waals surface area (Å²) in [5.74, 6) is -0.975. The quantitative estimate of drug-likeness (QED) is 0.843. The van der Waals surface area contributed by atoms with Crippen molar-refractivity contribution in [3.05, 3.63) is 35.1 Å². The van der Waals surface area contributed by atoms with Crippen LogP contribution in [0.15, 0.2) is 23.2 Å². The first-order chi connectivity index (χ1) is 8.84. The summed E-state index contributed by atoms with van der Waals surface area (Å²) in [7, 11) is 0. The highest BCUT2D eigenvalue weighted by Gasteiger charge is 2.36. The number of alkyl halides is 3. The van der Waals surface area contributed by atoms with E-state index in [4.69, 9.17) is 5.73 Å². The second-order valence-electron chi connectivity index (χ2n) is 4.24. The van der Waals surface area contributed by atoms with Crippen molar-refractivity contribution in [3.63, 3.8) is 0 Å². The fraction of sp³-hybridized carbons (Fsp3) is 0.417. The van der Waals surface area contributed by atoms with Gasteiger partial charge in [-0.05, 0) is 24.6 Å². The monoisotopic (exact) mass is 275 g/mol. The summed E-state index contributed by atoms with van der Waals surface area (Å²) in [6, 6.07) is 2.63. The van der Waals surface area contributed by atoms with Gasteiger partial charge in [-0.25, -0.2) is 4.39 Å². The molecule has 1 aliphatic heterocycles. The number of hydrogen-bond acceptors (Lipinski definition) is 3. The van der Waals surface area contributed by atoms with Crippen LogP contribution in [0.4, 0.5) is 17.6 Å². The first kappa shape index (κ1) is 13.6. The van der Waals surface area contributed by atoms with Gasteiger partial charge < -0.3 is 10.6 Å². The number of guanidine groups is 1. The smallest absolute Gasteiger partial charge is 0.370 e. The summed E-state index contributed by atoms with van der Waals surface area (Å²) >= 11 is 0. The Kier molecular flexibility index (Phi) is 3.38. The molecule has 1 aromatic carbocycles. The minimum absolute atomic E-state index is 0.280. The number of nitrogens with two attached hydrogens (primary N) is 1. The van der Waals surface area contributed by atoms with Crippen molar-refractivity contribution in [2.75, 3.05) is 13.1 Å². The summed E-state index contributed by atoms with van der Waals surface area (Å²) in [6.07, 6.45) is -4.71. The second-order valence-corrected chi connectivity index (χ2v) is 4.24. The molecule has 0 aromatic heterocycles. The van der Waals surface area contributed by atoms with Crippen LogP contribution in [0.2, 0.25) is 0 Å². The van der Waals surface area contributed by atoms with Gasteiger partial charge in [0, 0.05) is 6.54 Å². The minimum Gasteiger partial charge on any atom is -0.370 e. The maximum atomic E-state index is 13.2. The summed E-state index contributed by atoms with van der Waals surface area (Å²) in [4.78, 5) is 5.69. The SMILES string of the molecule is CCN1C(N)=NCC1c1ccc(F)c(C(F)(F)F)c1. The minimum atomic E-state index is -4.71. The lowest BCUT2D eigenvalue weighted by molar-refractivity contribution is -0.140. The van der Waals surface area contributed by atoms with Gasteiger partial charge in [0.1, 0.15) is 5.82 Å². The van der Waals surface area contributed by atoms with Crippen molar-refractivity contribution in [3.8, 4) is 0 Å². The van der Waals surface area contributed by atoms with Crippen molar-refractivity contribution in [2.45, 2.75) is 19.1 Å². The molecule has 1 aliphatic rings. The normalized spacial score (nSPS) is 19.7. The topological polar surface area (TPSA) is 41.6 Å². The molecule has 0 saturated heterocycles. The number of benzene rings is 1. The highest BCUT2D eigenvalue weighted by atomic mass is 19.4. The fourth-order valence-corrected chi connectivity index (χ4v) is 2.16. The van der Waals surface area contributed by atoms with E-state index < -0.39 is 17.6 Å². The van der Waals surface area contributed by atoms with Crippen molar-refractivity contribution in [1.82, 2.24) is 4.90 Å². The molecule has 0 spiro atoms.